The molecule has 0 radical (unpaired) electrons. The van der Waals surface area contributed by atoms with Crippen molar-refractivity contribution in [2.24, 2.45) is 0 Å². The van der Waals surface area contributed by atoms with Gasteiger partial charge in [-0.2, -0.15) is 0 Å². The van der Waals surface area contributed by atoms with Crippen molar-refractivity contribution in [2.45, 2.75) is 57.5 Å². The number of anilines is 1. The van der Waals surface area contributed by atoms with Crippen LogP contribution in [0.4, 0.5) is 5.69 Å². The third kappa shape index (κ3) is 9.03. The first-order chi connectivity index (χ1) is 20.6. The number of rotatable bonds is 13. The third-order valence-electron chi connectivity index (χ3n) is 8.63. The molecule has 3 aromatic rings. The van der Waals surface area contributed by atoms with Crippen LogP contribution in [0.5, 0.6) is 5.75 Å². The minimum atomic E-state index is -0.517. The maximum Gasteiger partial charge on any atom is 0.119 e. The molecule has 5 rings (SSSR count). The van der Waals surface area contributed by atoms with Gasteiger partial charge in [0.25, 0.3) is 0 Å². The molecule has 2 atom stereocenters. The predicted molar refractivity (Wildman–Crippen MR) is 170 cm³/mol. The Labute approximate surface area is 251 Å². The van der Waals surface area contributed by atoms with Gasteiger partial charge in [-0.1, -0.05) is 61.5 Å². The number of para-hydroxylation sites is 1. The van der Waals surface area contributed by atoms with E-state index in [1.807, 2.05) is 12.1 Å². The van der Waals surface area contributed by atoms with Crippen LogP contribution in [0.15, 0.2) is 78.9 Å². The van der Waals surface area contributed by atoms with Crippen LogP contribution >= 0.6 is 0 Å². The number of piperidine rings is 1. The van der Waals surface area contributed by atoms with Crippen molar-refractivity contribution >= 4 is 5.69 Å². The lowest BCUT2D eigenvalue weighted by Gasteiger charge is -2.36. The van der Waals surface area contributed by atoms with E-state index in [-0.39, 0.29) is 12.1 Å². The molecular weight excluding hydrogens is 524 g/mol. The molecule has 2 unspecified atom stereocenters. The Balaban J connectivity index is 1.01. The summed E-state index contributed by atoms with van der Waals surface area (Å²) in [6.45, 7) is 10.7. The van der Waals surface area contributed by atoms with E-state index in [0.717, 1.165) is 77.4 Å². The van der Waals surface area contributed by atoms with E-state index in [1.54, 1.807) is 0 Å². The monoisotopic (exact) mass is 572 g/mol. The van der Waals surface area contributed by atoms with Gasteiger partial charge in [0.2, 0.25) is 0 Å². The summed E-state index contributed by atoms with van der Waals surface area (Å²) in [5.41, 5.74) is 5.12. The molecule has 2 aliphatic heterocycles. The number of ether oxygens (including phenoxy) is 1. The summed E-state index contributed by atoms with van der Waals surface area (Å²) in [7, 11) is 0. The van der Waals surface area contributed by atoms with Crippen molar-refractivity contribution in [2.75, 3.05) is 57.3 Å². The summed E-state index contributed by atoms with van der Waals surface area (Å²) in [6, 6.07) is 28.0. The molecule has 0 amide bonds. The van der Waals surface area contributed by atoms with E-state index in [9.17, 15) is 10.2 Å². The molecule has 2 heterocycles. The average Bonchev–Trinajstić information content (AvgIpc) is 3.03. The third-order valence-corrected chi connectivity index (χ3v) is 8.63. The molecule has 2 saturated heterocycles. The predicted octanol–water partition coefficient (Wildman–Crippen LogP) is 4.45. The van der Waals surface area contributed by atoms with Crippen molar-refractivity contribution in [1.82, 2.24) is 15.1 Å². The van der Waals surface area contributed by atoms with E-state index >= 15 is 0 Å². The number of β-amino-alcohol motifs (C(OH)–C–C–N with tert-alkyl or cyclic N) is 1. The van der Waals surface area contributed by atoms with E-state index in [4.69, 9.17) is 4.74 Å². The molecule has 2 fully saturated rings. The van der Waals surface area contributed by atoms with E-state index < -0.39 is 6.10 Å². The van der Waals surface area contributed by atoms with Crippen molar-refractivity contribution in [3.63, 3.8) is 0 Å². The molecule has 42 heavy (non-hydrogen) atoms. The van der Waals surface area contributed by atoms with Gasteiger partial charge in [-0.05, 0) is 60.2 Å². The van der Waals surface area contributed by atoms with Crippen LogP contribution in [0.3, 0.4) is 0 Å². The molecule has 0 saturated carbocycles. The molecule has 3 aromatic carbocycles. The van der Waals surface area contributed by atoms with Crippen LogP contribution in [0.25, 0.3) is 0 Å². The zero-order chi connectivity index (χ0) is 29.1. The maximum atomic E-state index is 10.6. The molecule has 0 spiro atoms. The highest BCUT2D eigenvalue weighted by Gasteiger charge is 2.20. The summed E-state index contributed by atoms with van der Waals surface area (Å²) in [5.74, 6) is 0.792. The topological polar surface area (TPSA) is 71.4 Å². The highest BCUT2D eigenvalue weighted by molar-refractivity contribution is 5.46. The molecule has 3 N–H and O–H groups in total. The van der Waals surface area contributed by atoms with Crippen molar-refractivity contribution in [1.29, 1.82) is 0 Å². The number of aliphatic hydroxyl groups is 2. The number of aliphatic hydroxyl groups excluding tert-OH is 2. The van der Waals surface area contributed by atoms with Crippen molar-refractivity contribution < 1.29 is 14.9 Å². The Hall–Kier alpha value is -2.94. The summed E-state index contributed by atoms with van der Waals surface area (Å²) in [6.07, 6.45) is 2.11. The normalized spacial score (nSPS) is 18.6. The molecule has 0 aromatic heterocycles. The van der Waals surface area contributed by atoms with Crippen molar-refractivity contribution in [3.05, 3.63) is 95.6 Å². The quantitative estimate of drug-likeness (QED) is 0.280. The Bertz CT molecular complexity index is 1180. The zero-order valence-corrected chi connectivity index (χ0v) is 25.1. The number of nitrogens with zero attached hydrogens (tertiary/aromatic N) is 3. The first-order valence-corrected chi connectivity index (χ1v) is 15.7. The van der Waals surface area contributed by atoms with E-state index in [2.05, 4.69) is 93.7 Å². The molecule has 0 bridgehead atoms. The van der Waals surface area contributed by atoms with Crippen LogP contribution < -0.4 is 15.0 Å². The Morgan fingerprint density at radius 2 is 1.48 bits per heavy atom. The number of likely N-dealkylation sites (tertiary alicyclic amines) is 1. The summed E-state index contributed by atoms with van der Waals surface area (Å²) >= 11 is 0. The van der Waals surface area contributed by atoms with Crippen LogP contribution in [-0.2, 0) is 13.1 Å². The van der Waals surface area contributed by atoms with Crippen molar-refractivity contribution in [3.8, 4) is 5.75 Å². The fourth-order valence-electron chi connectivity index (χ4n) is 6.00. The maximum absolute atomic E-state index is 10.6. The van der Waals surface area contributed by atoms with Gasteiger partial charge in [0, 0.05) is 70.6 Å². The summed E-state index contributed by atoms with van der Waals surface area (Å²) < 4.78 is 5.94. The fourth-order valence-corrected chi connectivity index (χ4v) is 6.00. The second kappa shape index (κ2) is 15.5. The van der Waals surface area contributed by atoms with Crippen LogP contribution in [0, 0.1) is 0 Å². The highest BCUT2D eigenvalue weighted by atomic mass is 16.5. The second-order valence-corrected chi connectivity index (χ2v) is 11.8. The van der Waals surface area contributed by atoms with E-state index in [1.165, 1.54) is 22.4 Å². The van der Waals surface area contributed by atoms with Crippen LogP contribution in [-0.4, -0.2) is 84.6 Å². The average molecular weight is 573 g/mol. The number of benzene rings is 3. The first kappa shape index (κ1) is 30.5. The fraction of sp³-hybridized carbons (Fsp3) is 0.486. The number of hydrogen-bond acceptors (Lipinski definition) is 7. The lowest BCUT2D eigenvalue weighted by molar-refractivity contribution is 0.0663. The molecule has 226 valence electrons. The Morgan fingerprint density at radius 1 is 0.810 bits per heavy atom. The van der Waals surface area contributed by atoms with Gasteiger partial charge in [0.15, 0.2) is 0 Å². The Morgan fingerprint density at radius 3 is 2.14 bits per heavy atom. The summed E-state index contributed by atoms with van der Waals surface area (Å²) in [5, 5.41) is 24.0. The van der Waals surface area contributed by atoms with E-state index in [0.29, 0.717) is 13.2 Å². The number of nitrogens with one attached hydrogen (secondary N) is 1. The second-order valence-electron chi connectivity index (χ2n) is 11.8. The molecule has 7 nitrogen and oxygen atoms in total. The number of hydrogen-bond donors (Lipinski definition) is 3. The molecule has 0 aliphatic carbocycles. The first-order valence-electron chi connectivity index (χ1n) is 15.7. The Kier molecular flexibility index (Phi) is 11.3. The minimum Gasteiger partial charge on any atom is -0.491 e. The minimum absolute atomic E-state index is 0.124. The number of piperazine rings is 1. The zero-order valence-electron chi connectivity index (χ0n) is 25.1. The molecular formula is C35H48N4O3. The summed E-state index contributed by atoms with van der Waals surface area (Å²) in [4.78, 5) is 7.15. The van der Waals surface area contributed by atoms with Gasteiger partial charge >= 0.3 is 0 Å². The van der Waals surface area contributed by atoms with Gasteiger partial charge in [0.05, 0.1) is 6.10 Å². The van der Waals surface area contributed by atoms with Gasteiger partial charge in [0.1, 0.15) is 18.5 Å². The molecule has 7 heteroatoms. The molecule has 2 aliphatic rings. The lowest BCUT2D eigenvalue weighted by atomic mass is 10.0. The highest BCUT2D eigenvalue weighted by Crippen LogP contribution is 2.22. The van der Waals surface area contributed by atoms with Crippen LogP contribution in [0.1, 0.15) is 48.9 Å². The van der Waals surface area contributed by atoms with Gasteiger partial charge in [-0.3, -0.25) is 9.80 Å². The SMILES string of the molecule is CCC(NCc1ccc(CN2CCC(O)CC2)cc1)c1ccc(OCC(O)CN2CCN(c3ccccc3)CC2)cc1. The standard InChI is InChI=1S/C35H48N4O3/c1-2-35(36-24-28-8-10-29(11-9-28)25-37-18-16-32(40)17-19-37)30-12-14-34(15-13-30)42-27-33(41)26-38-20-22-39(23-21-38)31-6-4-3-5-7-31/h3-15,32-33,35-36,40-41H,2,16-27H2,1H3. The van der Waals surface area contributed by atoms with Gasteiger partial charge in [-0.15, -0.1) is 0 Å². The van der Waals surface area contributed by atoms with Crippen LogP contribution in [0.2, 0.25) is 0 Å². The van der Waals surface area contributed by atoms with Gasteiger partial charge < -0.3 is 25.2 Å². The van der Waals surface area contributed by atoms with Gasteiger partial charge in [-0.25, -0.2) is 0 Å². The smallest absolute Gasteiger partial charge is 0.119 e. The largest absolute Gasteiger partial charge is 0.491 e. The lowest BCUT2D eigenvalue weighted by Crippen LogP contribution is -2.49.